The number of hydrogen-bond acceptors (Lipinski definition) is 4. The molecule has 0 aliphatic carbocycles. The number of halogens is 1. The van der Waals surface area contributed by atoms with E-state index in [1.807, 2.05) is 13.8 Å². The fourth-order valence-corrected chi connectivity index (χ4v) is 5.06. The minimum absolute atomic E-state index is 0.00816. The van der Waals surface area contributed by atoms with Crippen molar-refractivity contribution in [2.45, 2.75) is 30.4 Å². The molecule has 7 heteroatoms. The van der Waals surface area contributed by atoms with E-state index < -0.39 is 20.9 Å². The Morgan fingerprint density at radius 1 is 1.21 bits per heavy atom. The average Bonchev–Trinajstić information content (AvgIpc) is 3.01. The second kappa shape index (κ2) is 7.90. The highest BCUT2D eigenvalue weighted by atomic mass is 32.2. The zero-order chi connectivity index (χ0) is 17.7. The minimum atomic E-state index is -3.74. The molecule has 2 rings (SSSR count). The summed E-state index contributed by atoms with van der Waals surface area (Å²) >= 11 is 1.32. The van der Waals surface area contributed by atoms with E-state index in [0.717, 1.165) is 12.1 Å². The summed E-state index contributed by atoms with van der Waals surface area (Å²) in [6, 6.07) is 8.24. The number of amides is 1. The maximum atomic E-state index is 13.1. The van der Waals surface area contributed by atoms with E-state index in [1.165, 1.54) is 23.5 Å². The highest BCUT2D eigenvalue weighted by Crippen LogP contribution is 2.31. The molecule has 1 amide bonds. The Kier molecular flexibility index (Phi) is 6.12. The van der Waals surface area contributed by atoms with Gasteiger partial charge in [-0.1, -0.05) is 19.9 Å². The number of rotatable bonds is 7. The highest BCUT2D eigenvalue weighted by molar-refractivity contribution is 7.91. The van der Waals surface area contributed by atoms with Gasteiger partial charge in [0.1, 0.15) is 11.1 Å². The van der Waals surface area contributed by atoms with Crippen LogP contribution < -0.4 is 5.32 Å². The van der Waals surface area contributed by atoms with Crippen LogP contribution in [0.5, 0.6) is 0 Å². The first-order valence-corrected chi connectivity index (χ1v) is 10.0. The molecule has 130 valence electrons. The van der Waals surface area contributed by atoms with Crippen LogP contribution in [0.3, 0.4) is 0 Å². The zero-order valence-electron chi connectivity index (χ0n) is 13.5. The van der Waals surface area contributed by atoms with Gasteiger partial charge in [0.05, 0.1) is 4.90 Å². The van der Waals surface area contributed by atoms with Crippen molar-refractivity contribution < 1.29 is 17.6 Å². The van der Waals surface area contributed by atoms with Gasteiger partial charge in [-0.15, -0.1) is 11.3 Å². The van der Waals surface area contributed by atoms with E-state index in [1.54, 1.807) is 17.5 Å². The maximum Gasteiger partial charge on any atom is 0.220 e. The van der Waals surface area contributed by atoms with E-state index in [4.69, 9.17) is 0 Å². The molecule has 2 aromatic rings. The quantitative estimate of drug-likeness (QED) is 0.759. The first-order valence-electron chi connectivity index (χ1n) is 7.60. The molecule has 0 fully saturated rings. The number of nitrogens with one attached hydrogen (secondary N) is 1. The fraction of sp³-hybridized carbons (Fsp3) is 0.353. The molecule has 0 saturated heterocycles. The van der Waals surface area contributed by atoms with Crippen LogP contribution >= 0.6 is 11.3 Å². The van der Waals surface area contributed by atoms with Gasteiger partial charge in [-0.05, 0) is 41.6 Å². The predicted molar refractivity (Wildman–Crippen MR) is 93.1 cm³/mol. The third-order valence-corrected chi connectivity index (χ3v) is 6.69. The zero-order valence-corrected chi connectivity index (χ0v) is 15.2. The molecular weight excluding hydrogens is 349 g/mol. The summed E-state index contributed by atoms with van der Waals surface area (Å²) < 4.78 is 38.9. The molecule has 1 atom stereocenters. The van der Waals surface area contributed by atoms with Crippen molar-refractivity contribution >= 4 is 27.1 Å². The molecule has 0 unspecified atom stereocenters. The lowest BCUT2D eigenvalue weighted by atomic mass is 10.1. The van der Waals surface area contributed by atoms with Gasteiger partial charge in [-0.25, -0.2) is 12.8 Å². The monoisotopic (exact) mass is 369 g/mol. The van der Waals surface area contributed by atoms with Crippen molar-refractivity contribution in [1.29, 1.82) is 0 Å². The van der Waals surface area contributed by atoms with Gasteiger partial charge >= 0.3 is 0 Å². The van der Waals surface area contributed by atoms with E-state index in [9.17, 15) is 17.6 Å². The second-order valence-corrected chi connectivity index (χ2v) is 9.01. The number of benzene rings is 1. The van der Waals surface area contributed by atoms with Gasteiger partial charge in [-0.3, -0.25) is 4.79 Å². The first-order chi connectivity index (χ1) is 11.3. The van der Waals surface area contributed by atoms with Crippen LogP contribution in [0.1, 0.15) is 30.4 Å². The molecule has 24 heavy (non-hydrogen) atoms. The van der Waals surface area contributed by atoms with Gasteiger partial charge < -0.3 is 5.32 Å². The molecule has 0 aliphatic rings. The normalized spacial score (nSPS) is 13.0. The van der Waals surface area contributed by atoms with Crippen LogP contribution in [0.2, 0.25) is 0 Å². The van der Waals surface area contributed by atoms with Crippen LogP contribution in [-0.4, -0.2) is 20.9 Å². The van der Waals surface area contributed by atoms with Crippen LogP contribution in [0, 0.1) is 11.7 Å². The molecule has 0 radical (unpaired) electrons. The smallest absolute Gasteiger partial charge is 0.220 e. The van der Waals surface area contributed by atoms with Gasteiger partial charge in [-0.2, -0.15) is 0 Å². The van der Waals surface area contributed by atoms with E-state index >= 15 is 0 Å². The lowest BCUT2D eigenvalue weighted by molar-refractivity contribution is -0.121. The summed E-state index contributed by atoms with van der Waals surface area (Å²) in [6.07, 6.45) is 0.341. The van der Waals surface area contributed by atoms with Crippen molar-refractivity contribution in [2.24, 2.45) is 5.92 Å². The standard InChI is InChI=1S/C17H20FNO3S2/c1-12(2)10-17(20)19-11-16(15-4-3-9-23-15)24(21,22)14-7-5-13(18)6-8-14/h3-9,12,16H,10-11H2,1-2H3,(H,19,20)/t16-/m1/s1. The topological polar surface area (TPSA) is 63.2 Å². The Bertz CT molecular complexity index is 769. The molecule has 4 nitrogen and oxygen atoms in total. The first kappa shape index (κ1) is 18.6. The third-order valence-electron chi connectivity index (χ3n) is 3.46. The molecule has 0 bridgehead atoms. The van der Waals surface area contributed by atoms with E-state index in [0.29, 0.717) is 11.3 Å². The van der Waals surface area contributed by atoms with Crippen molar-refractivity contribution in [2.75, 3.05) is 6.54 Å². The summed E-state index contributed by atoms with van der Waals surface area (Å²) in [5.41, 5.74) is 0. The second-order valence-electron chi connectivity index (χ2n) is 5.91. The number of carbonyl (C=O) groups excluding carboxylic acids is 1. The van der Waals surface area contributed by atoms with Crippen molar-refractivity contribution in [1.82, 2.24) is 5.32 Å². The molecule has 0 aliphatic heterocycles. The van der Waals surface area contributed by atoms with Crippen LogP contribution in [0.4, 0.5) is 4.39 Å². The summed E-state index contributed by atoms with van der Waals surface area (Å²) in [5, 5.41) is 3.60. The average molecular weight is 369 g/mol. The number of thiophene rings is 1. The molecule has 1 aromatic carbocycles. The Balaban J connectivity index is 2.26. The van der Waals surface area contributed by atoms with Crippen LogP contribution in [0.15, 0.2) is 46.7 Å². The Labute approximate surface area is 145 Å². The molecule has 0 spiro atoms. The molecule has 1 heterocycles. The fourth-order valence-electron chi connectivity index (χ4n) is 2.28. The predicted octanol–water partition coefficient (Wildman–Crippen LogP) is 3.56. The molecule has 1 N–H and O–H groups in total. The summed E-state index contributed by atoms with van der Waals surface area (Å²) in [7, 11) is -3.74. The highest BCUT2D eigenvalue weighted by Gasteiger charge is 2.30. The van der Waals surface area contributed by atoms with Crippen LogP contribution in [-0.2, 0) is 14.6 Å². The molecule has 1 aromatic heterocycles. The third kappa shape index (κ3) is 4.64. The van der Waals surface area contributed by atoms with Gasteiger partial charge in [0.15, 0.2) is 9.84 Å². The molecular formula is C17H20FNO3S2. The summed E-state index contributed by atoms with van der Waals surface area (Å²) in [4.78, 5) is 12.6. The minimum Gasteiger partial charge on any atom is -0.354 e. The SMILES string of the molecule is CC(C)CC(=O)NC[C@H](c1cccs1)S(=O)(=O)c1ccc(F)cc1. The largest absolute Gasteiger partial charge is 0.354 e. The molecule has 0 saturated carbocycles. The van der Waals surface area contributed by atoms with Gasteiger partial charge in [0.25, 0.3) is 0 Å². The number of sulfone groups is 1. The number of carbonyl (C=O) groups is 1. The number of hydrogen-bond donors (Lipinski definition) is 1. The Hall–Kier alpha value is -1.73. The lowest BCUT2D eigenvalue weighted by Crippen LogP contribution is -2.32. The van der Waals surface area contributed by atoms with E-state index in [2.05, 4.69) is 5.32 Å². The summed E-state index contributed by atoms with van der Waals surface area (Å²) in [6.45, 7) is 3.84. The van der Waals surface area contributed by atoms with E-state index in [-0.39, 0.29) is 23.3 Å². The van der Waals surface area contributed by atoms with Crippen LogP contribution in [0.25, 0.3) is 0 Å². The Morgan fingerprint density at radius 2 is 1.88 bits per heavy atom. The van der Waals surface area contributed by atoms with Crippen molar-refractivity contribution in [3.8, 4) is 0 Å². The Morgan fingerprint density at radius 3 is 2.42 bits per heavy atom. The van der Waals surface area contributed by atoms with Crippen molar-refractivity contribution in [3.05, 3.63) is 52.5 Å². The summed E-state index contributed by atoms with van der Waals surface area (Å²) in [5.74, 6) is -0.480. The van der Waals surface area contributed by atoms with Gasteiger partial charge in [0, 0.05) is 17.8 Å². The lowest BCUT2D eigenvalue weighted by Gasteiger charge is -2.18. The van der Waals surface area contributed by atoms with Crippen molar-refractivity contribution in [3.63, 3.8) is 0 Å². The van der Waals surface area contributed by atoms with Gasteiger partial charge in [0.2, 0.25) is 5.91 Å². The maximum absolute atomic E-state index is 13.1.